The molecule has 0 unspecified atom stereocenters. The number of aryl methyl sites for hydroxylation is 1. The Bertz CT molecular complexity index is 538. The Morgan fingerprint density at radius 3 is 2.69 bits per heavy atom. The minimum Gasteiger partial charge on any atom is -0.259 e. The summed E-state index contributed by atoms with van der Waals surface area (Å²) in [6.07, 6.45) is 4.98. The Morgan fingerprint density at radius 2 is 2.00 bits per heavy atom. The average molecular weight is 210 g/mol. The monoisotopic (exact) mass is 210 g/mol. The van der Waals surface area contributed by atoms with E-state index < -0.39 is 0 Å². The van der Waals surface area contributed by atoms with Crippen LogP contribution < -0.4 is 0 Å². The number of nitriles is 1. The molecule has 0 spiro atoms. The SMILES string of the molecule is CCCCc1ncc(C#N)c2ccccc12. The summed E-state index contributed by atoms with van der Waals surface area (Å²) in [4.78, 5) is 4.39. The molecule has 0 aliphatic rings. The van der Waals surface area contributed by atoms with E-state index in [1.165, 1.54) is 0 Å². The molecule has 0 N–H and O–H groups in total. The first-order chi connectivity index (χ1) is 7.86. The summed E-state index contributed by atoms with van der Waals surface area (Å²) < 4.78 is 0. The maximum absolute atomic E-state index is 9.01. The van der Waals surface area contributed by atoms with Gasteiger partial charge in [-0.05, 0) is 12.8 Å². The van der Waals surface area contributed by atoms with Gasteiger partial charge in [0.15, 0.2) is 0 Å². The fourth-order valence-electron chi connectivity index (χ4n) is 1.88. The van der Waals surface area contributed by atoms with Gasteiger partial charge in [-0.25, -0.2) is 0 Å². The Labute approximate surface area is 95.6 Å². The molecule has 0 saturated heterocycles. The summed E-state index contributed by atoms with van der Waals surface area (Å²) in [5.74, 6) is 0. The van der Waals surface area contributed by atoms with E-state index in [4.69, 9.17) is 5.26 Å². The van der Waals surface area contributed by atoms with Crippen LogP contribution in [0.2, 0.25) is 0 Å². The lowest BCUT2D eigenvalue weighted by Crippen LogP contribution is -1.94. The van der Waals surface area contributed by atoms with Crippen LogP contribution in [-0.4, -0.2) is 4.98 Å². The largest absolute Gasteiger partial charge is 0.259 e. The first-order valence-corrected chi connectivity index (χ1v) is 5.63. The molecular weight excluding hydrogens is 196 g/mol. The normalized spacial score (nSPS) is 10.2. The average Bonchev–Trinajstić information content (AvgIpc) is 2.36. The first-order valence-electron chi connectivity index (χ1n) is 5.63. The van der Waals surface area contributed by atoms with E-state index in [1.807, 2.05) is 24.3 Å². The van der Waals surface area contributed by atoms with E-state index in [1.54, 1.807) is 6.20 Å². The van der Waals surface area contributed by atoms with Crippen molar-refractivity contribution in [2.75, 3.05) is 0 Å². The number of unbranched alkanes of at least 4 members (excludes halogenated alkanes) is 1. The molecule has 2 aromatic rings. The van der Waals surface area contributed by atoms with Gasteiger partial charge < -0.3 is 0 Å². The summed E-state index contributed by atoms with van der Waals surface area (Å²) >= 11 is 0. The van der Waals surface area contributed by atoms with Crippen LogP contribution in [0.5, 0.6) is 0 Å². The number of fused-ring (bicyclic) bond motifs is 1. The molecule has 0 amide bonds. The molecule has 0 atom stereocenters. The zero-order chi connectivity index (χ0) is 11.4. The van der Waals surface area contributed by atoms with Crippen molar-refractivity contribution in [3.8, 4) is 6.07 Å². The molecule has 1 aromatic heterocycles. The molecule has 0 bridgehead atoms. The number of aromatic nitrogens is 1. The zero-order valence-electron chi connectivity index (χ0n) is 9.40. The van der Waals surface area contributed by atoms with Gasteiger partial charge >= 0.3 is 0 Å². The number of pyridine rings is 1. The molecule has 16 heavy (non-hydrogen) atoms. The van der Waals surface area contributed by atoms with Crippen LogP contribution in [0.3, 0.4) is 0 Å². The molecule has 0 aliphatic heterocycles. The second kappa shape index (κ2) is 4.76. The van der Waals surface area contributed by atoms with Crippen LogP contribution in [0.1, 0.15) is 31.0 Å². The predicted octanol–water partition coefficient (Wildman–Crippen LogP) is 3.45. The molecule has 80 valence electrons. The Balaban J connectivity index is 2.57. The molecule has 2 heteroatoms. The molecule has 2 rings (SSSR count). The van der Waals surface area contributed by atoms with Crippen molar-refractivity contribution in [1.82, 2.24) is 4.98 Å². The van der Waals surface area contributed by atoms with Crippen LogP contribution in [0, 0.1) is 11.3 Å². The number of nitrogens with zero attached hydrogens (tertiary/aromatic N) is 2. The fourth-order valence-corrected chi connectivity index (χ4v) is 1.88. The highest BCUT2D eigenvalue weighted by Crippen LogP contribution is 2.21. The highest BCUT2D eigenvalue weighted by Gasteiger charge is 2.05. The summed E-state index contributed by atoms with van der Waals surface area (Å²) in [7, 11) is 0. The number of hydrogen-bond acceptors (Lipinski definition) is 2. The van der Waals surface area contributed by atoms with Gasteiger partial charge in [-0.15, -0.1) is 0 Å². The second-order valence-electron chi connectivity index (χ2n) is 3.88. The van der Waals surface area contributed by atoms with Crippen LogP contribution in [-0.2, 0) is 6.42 Å². The van der Waals surface area contributed by atoms with Crippen molar-refractivity contribution in [3.05, 3.63) is 41.7 Å². The maximum Gasteiger partial charge on any atom is 0.101 e. The lowest BCUT2D eigenvalue weighted by Gasteiger charge is -2.05. The molecule has 0 fully saturated rings. The van der Waals surface area contributed by atoms with E-state index >= 15 is 0 Å². The van der Waals surface area contributed by atoms with Crippen molar-refractivity contribution >= 4 is 10.8 Å². The molecular formula is C14H14N2. The minimum absolute atomic E-state index is 0.663. The minimum atomic E-state index is 0.663. The zero-order valence-corrected chi connectivity index (χ0v) is 9.40. The molecule has 1 heterocycles. The smallest absolute Gasteiger partial charge is 0.101 e. The summed E-state index contributed by atoms with van der Waals surface area (Å²) in [6, 6.07) is 10.2. The predicted molar refractivity (Wildman–Crippen MR) is 65.1 cm³/mol. The quantitative estimate of drug-likeness (QED) is 0.778. The molecule has 0 radical (unpaired) electrons. The number of rotatable bonds is 3. The van der Waals surface area contributed by atoms with E-state index in [0.29, 0.717) is 5.56 Å². The van der Waals surface area contributed by atoms with Crippen LogP contribution in [0.15, 0.2) is 30.5 Å². The Morgan fingerprint density at radius 1 is 1.25 bits per heavy atom. The summed E-state index contributed by atoms with van der Waals surface area (Å²) in [5.41, 5.74) is 1.77. The number of benzene rings is 1. The van der Waals surface area contributed by atoms with Gasteiger partial charge in [0.05, 0.1) is 5.56 Å². The van der Waals surface area contributed by atoms with E-state index in [-0.39, 0.29) is 0 Å². The van der Waals surface area contributed by atoms with Crippen molar-refractivity contribution in [1.29, 1.82) is 5.26 Å². The van der Waals surface area contributed by atoms with Gasteiger partial charge in [0.25, 0.3) is 0 Å². The highest BCUT2D eigenvalue weighted by atomic mass is 14.7. The van der Waals surface area contributed by atoms with Crippen molar-refractivity contribution < 1.29 is 0 Å². The van der Waals surface area contributed by atoms with Crippen LogP contribution >= 0.6 is 0 Å². The molecule has 2 nitrogen and oxygen atoms in total. The molecule has 0 aliphatic carbocycles. The summed E-state index contributed by atoms with van der Waals surface area (Å²) in [6.45, 7) is 2.17. The first kappa shape index (κ1) is 10.6. The molecule has 0 saturated carbocycles. The van der Waals surface area contributed by atoms with Gasteiger partial charge in [-0.2, -0.15) is 5.26 Å². The third-order valence-corrected chi connectivity index (χ3v) is 2.77. The highest BCUT2D eigenvalue weighted by molar-refractivity contribution is 5.89. The third-order valence-electron chi connectivity index (χ3n) is 2.77. The van der Waals surface area contributed by atoms with Crippen molar-refractivity contribution in [2.24, 2.45) is 0 Å². The topological polar surface area (TPSA) is 36.7 Å². The van der Waals surface area contributed by atoms with Gasteiger partial charge in [-0.3, -0.25) is 4.98 Å². The Hall–Kier alpha value is -1.88. The second-order valence-corrected chi connectivity index (χ2v) is 3.88. The van der Waals surface area contributed by atoms with E-state index in [0.717, 1.165) is 35.7 Å². The standard InChI is InChI=1S/C14H14N2/c1-2-3-8-14-13-7-5-4-6-12(13)11(9-15)10-16-14/h4-7,10H,2-3,8H2,1H3. The van der Waals surface area contributed by atoms with Crippen LogP contribution in [0.25, 0.3) is 10.8 Å². The van der Waals surface area contributed by atoms with Gasteiger partial charge in [0, 0.05) is 22.7 Å². The van der Waals surface area contributed by atoms with Gasteiger partial charge in [0.1, 0.15) is 6.07 Å². The molecule has 1 aromatic carbocycles. The maximum atomic E-state index is 9.01. The summed E-state index contributed by atoms with van der Waals surface area (Å²) in [5, 5.41) is 11.2. The third kappa shape index (κ3) is 1.90. The van der Waals surface area contributed by atoms with Gasteiger partial charge in [0.2, 0.25) is 0 Å². The fraction of sp³-hybridized carbons (Fsp3) is 0.286. The van der Waals surface area contributed by atoms with E-state index in [9.17, 15) is 0 Å². The van der Waals surface area contributed by atoms with E-state index in [2.05, 4.69) is 18.0 Å². The van der Waals surface area contributed by atoms with Gasteiger partial charge in [-0.1, -0.05) is 37.6 Å². The van der Waals surface area contributed by atoms with Crippen LogP contribution in [0.4, 0.5) is 0 Å². The lowest BCUT2D eigenvalue weighted by molar-refractivity contribution is 0.782. The lowest BCUT2D eigenvalue weighted by atomic mass is 10.0. The number of hydrogen-bond donors (Lipinski definition) is 0. The van der Waals surface area contributed by atoms with Crippen molar-refractivity contribution in [2.45, 2.75) is 26.2 Å². The van der Waals surface area contributed by atoms with Crippen molar-refractivity contribution in [3.63, 3.8) is 0 Å². The Kier molecular flexibility index (Phi) is 3.16.